The lowest BCUT2D eigenvalue weighted by Gasteiger charge is -2.15. The van der Waals surface area contributed by atoms with Gasteiger partial charge in [0.05, 0.1) is 15.2 Å². The van der Waals surface area contributed by atoms with Crippen molar-refractivity contribution in [2.45, 2.75) is 6.54 Å². The van der Waals surface area contributed by atoms with Gasteiger partial charge < -0.3 is 10.2 Å². The van der Waals surface area contributed by atoms with Gasteiger partial charge in [0.2, 0.25) is 5.91 Å². The van der Waals surface area contributed by atoms with E-state index in [1.165, 1.54) is 16.2 Å². The smallest absolute Gasteiger partial charge is 0.264 e. The molecule has 7 heteroatoms. The normalized spacial score (nSPS) is 10.2. The van der Waals surface area contributed by atoms with E-state index in [0.29, 0.717) is 11.4 Å². The van der Waals surface area contributed by atoms with Crippen LogP contribution in [0.5, 0.6) is 0 Å². The summed E-state index contributed by atoms with van der Waals surface area (Å²) in [4.78, 5) is 29.9. The molecular weight excluding hydrogens is 354 g/mol. The number of halogens is 1. The van der Waals surface area contributed by atoms with E-state index in [9.17, 15) is 9.59 Å². The van der Waals surface area contributed by atoms with Gasteiger partial charge in [0.25, 0.3) is 5.91 Å². The standard InChI is InChI=1S/C14H14BrN3O2S/c1-18(14(20)11-4-5-12(15)21-11)9-13(19)17-8-10-3-2-6-16-7-10/h2-7H,8-9H2,1H3,(H,17,19). The third-order valence-electron chi connectivity index (χ3n) is 2.72. The number of likely N-dealkylation sites (N-methyl/N-ethyl adjacent to an activating group) is 1. The number of hydrogen-bond acceptors (Lipinski definition) is 4. The molecule has 0 aromatic carbocycles. The molecule has 2 heterocycles. The number of hydrogen-bond donors (Lipinski definition) is 1. The Labute approximate surface area is 135 Å². The first-order valence-electron chi connectivity index (χ1n) is 6.22. The first-order valence-corrected chi connectivity index (χ1v) is 7.83. The number of carbonyl (C=O) groups excluding carboxylic acids is 2. The zero-order chi connectivity index (χ0) is 15.2. The van der Waals surface area contributed by atoms with Crippen molar-refractivity contribution >= 4 is 39.1 Å². The maximum atomic E-state index is 12.1. The second-order valence-corrected chi connectivity index (χ2v) is 6.87. The number of nitrogens with zero attached hydrogens (tertiary/aromatic N) is 2. The van der Waals surface area contributed by atoms with Crippen LogP contribution in [-0.2, 0) is 11.3 Å². The van der Waals surface area contributed by atoms with E-state index < -0.39 is 0 Å². The molecule has 0 unspecified atom stereocenters. The molecule has 0 spiro atoms. The van der Waals surface area contributed by atoms with E-state index in [0.717, 1.165) is 9.35 Å². The lowest BCUT2D eigenvalue weighted by atomic mass is 10.3. The fraction of sp³-hybridized carbons (Fsp3) is 0.214. The summed E-state index contributed by atoms with van der Waals surface area (Å²) in [5.41, 5.74) is 0.919. The van der Waals surface area contributed by atoms with Crippen molar-refractivity contribution in [2.24, 2.45) is 0 Å². The predicted molar refractivity (Wildman–Crippen MR) is 85.1 cm³/mol. The van der Waals surface area contributed by atoms with Gasteiger partial charge in [-0.3, -0.25) is 14.6 Å². The molecule has 0 atom stereocenters. The summed E-state index contributed by atoms with van der Waals surface area (Å²) < 4.78 is 0.889. The molecule has 0 saturated carbocycles. The highest BCUT2D eigenvalue weighted by Crippen LogP contribution is 2.22. The number of carbonyl (C=O) groups is 2. The predicted octanol–water partition coefficient (Wildman–Crippen LogP) is 2.29. The molecule has 0 aliphatic rings. The lowest BCUT2D eigenvalue weighted by Crippen LogP contribution is -2.37. The number of amides is 2. The summed E-state index contributed by atoms with van der Waals surface area (Å²) >= 11 is 4.66. The third kappa shape index (κ3) is 4.64. The average molecular weight is 368 g/mol. The fourth-order valence-electron chi connectivity index (χ4n) is 1.66. The SMILES string of the molecule is CN(CC(=O)NCc1cccnc1)C(=O)c1ccc(Br)s1. The fourth-order valence-corrected chi connectivity index (χ4v) is 3.04. The van der Waals surface area contributed by atoms with Crippen LogP contribution in [0, 0.1) is 0 Å². The van der Waals surface area contributed by atoms with E-state index in [4.69, 9.17) is 0 Å². The van der Waals surface area contributed by atoms with Crippen LogP contribution in [0.15, 0.2) is 40.4 Å². The summed E-state index contributed by atoms with van der Waals surface area (Å²) in [6, 6.07) is 7.24. The Hall–Kier alpha value is -1.73. The maximum Gasteiger partial charge on any atom is 0.264 e. The third-order valence-corrected chi connectivity index (χ3v) is 4.34. The summed E-state index contributed by atoms with van der Waals surface area (Å²) in [5, 5.41) is 2.76. The molecule has 5 nitrogen and oxygen atoms in total. The Morgan fingerprint density at radius 1 is 1.38 bits per heavy atom. The molecule has 1 N–H and O–H groups in total. The molecule has 110 valence electrons. The lowest BCUT2D eigenvalue weighted by molar-refractivity contribution is -0.121. The minimum absolute atomic E-state index is 0.0224. The highest BCUT2D eigenvalue weighted by molar-refractivity contribution is 9.11. The van der Waals surface area contributed by atoms with Crippen LogP contribution in [0.3, 0.4) is 0 Å². The minimum atomic E-state index is -0.203. The topological polar surface area (TPSA) is 62.3 Å². The summed E-state index contributed by atoms with van der Waals surface area (Å²) in [6.45, 7) is 0.424. The van der Waals surface area contributed by atoms with Crippen molar-refractivity contribution in [3.8, 4) is 0 Å². The molecule has 2 aromatic rings. The van der Waals surface area contributed by atoms with Crippen LogP contribution in [0.2, 0.25) is 0 Å². The first-order chi connectivity index (χ1) is 10.1. The number of thiophene rings is 1. The molecule has 2 rings (SSSR count). The number of pyridine rings is 1. The van der Waals surface area contributed by atoms with Gasteiger partial charge in [-0.15, -0.1) is 11.3 Å². The molecule has 0 radical (unpaired) electrons. The average Bonchev–Trinajstić information content (AvgIpc) is 2.92. The van der Waals surface area contributed by atoms with E-state index in [2.05, 4.69) is 26.2 Å². The van der Waals surface area contributed by atoms with Gasteiger partial charge in [0, 0.05) is 26.0 Å². The van der Waals surface area contributed by atoms with Crippen molar-refractivity contribution in [3.05, 3.63) is 50.9 Å². The van der Waals surface area contributed by atoms with Gasteiger partial charge in [0.15, 0.2) is 0 Å². The van der Waals surface area contributed by atoms with E-state index in [-0.39, 0.29) is 18.4 Å². The Balaban J connectivity index is 1.83. The van der Waals surface area contributed by atoms with Crippen LogP contribution in [-0.4, -0.2) is 35.3 Å². The highest BCUT2D eigenvalue weighted by atomic mass is 79.9. The molecule has 0 aliphatic carbocycles. The first kappa shape index (κ1) is 15.7. The number of aromatic nitrogens is 1. The van der Waals surface area contributed by atoms with Crippen LogP contribution >= 0.6 is 27.3 Å². The largest absolute Gasteiger partial charge is 0.350 e. The molecule has 2 aromatic heterocycles. The zero-order valence-corrected chi connectivity index (χ0v) is 13.8. The Morgan fingerprint density at radius 3 is 2.81 bits per heavy atom. The number of nitrogens with one attached hydrogen (secondary N) is 1. The van der Waals surface area contributed by atoms with Gasteiger partial charge in [-0.25, -0.2) is 0 Å². The van der Waals surface area contributed by atoms with Crippen molar-refractivity contribution < 1.29 is 9.59 Å². The van der Waals surface area contributed by atoms with Gasteiger partial charge in [0.1, 0.15) is 0 Å². The van der Waals surface area contributed by atoms with Crippen LogP contribution < -0.4 is 5.32 Å². The molecule has 21 heavy (non-hydrogen) atoms. The summed E-state index contributed by atoms with van der Waals surface area (Å²) in [5.74, 6) is -0.368. The van der Waals surface area contributed by atoms with Gasteiger partial charge in [-0.05, 0) is 39.7 Å². The highest BCUT2D eigenvalue weighted by Gasteiger charge is 2.16. The van der Waals surface area contributed by atoms with Crippen molar-refractivity contribution in [1.29, 1.82) is 0 Å². The quantitative estimate of drug-likeness (QED) is 0.881. The Morgan fingerprint density at radius 2 is 2.19 bits per heavy atom. The van der Waals surface area contributed by atoms with Crippen molar-refractivity contribution in [1.82, 2.24) is 15.2 Å². The van der Waals surface area contributed by atoms with Gasteiger partial charge in [-0.2, -0.15) is 0 Å². The molecule has 2 amide bonds. The van der Waals surface area contributed by atoms with Crippen molar-refractivity contribution in [3.63, 3.8) is 0 Å². The second-order valence-electron chi connectivity index (χ2n) is 4.40. The van der Waals surface area contributed by atoms with Crippen LogP contribution in [0.25, 0.3) is 0 Å². The van der Waals surface area contributed by atoms with E-state index in [1.54, 1.807) is 25.5 Å². The zero-order valence-electron chi connectivity index (χ0n) is 11.4. The van der Waals surface area contributed by atoms with Crippen molar-refractivity contribution in [2.75, 3.05) is 13.6 Å². The monoisotopic (exact) mass is 367 g/mol. The van der Waals surface area contributed by atoms with E-state index in [1.807, 2.05) is 18.2 Å². The van der Waals surface area contributed by atoms with Crippen LogP contribution in [0.4, 0.5) is 0 Å². The van der Waals surface area contributed by atoms with Crippen LogP contribution in [0.1, 0.15) is 15.2 Å². The minimum Gasteiger partial charge on any atom is -0.350 e. The van der Waals surface area contributed by atoms with Gasteiger partial charge >= 0.3 is 0 Å². The molecule has 0 fully saturated rings. The molecule has 0 saturated heterocycles. The Bertz CT molecular complexity index is 630. The molecular formula is C14H14BrN3O2S. The maximum absolute atomic E-state index is 12.1. The molecule has 0 aliphatic heterocycles. The van der Waals surface area contributed by atoms with Gasteiger partial charge in [-0.1, -0.05) is 6.07 Å². The number of rotatable bonds is 5. The van der Waals surface area contributed by atoms with E-state index >= 15 is 0 Å². The summed E-state index contributed by atoms with van der Waals surface area (Å²) in [6.07, 6.45) is 3.37. The second kappa shape index (κ2) is 7.33. The molecule has 0 bridgehead atoms. The Kier molecular flexibility index (Phi) is 5.46. The summed E-state index contributed by atoms with van der Waals surface area (Å²) in [7, 11) is 1.61.